The fourth-order valence-electron chi connectivity index (χ4n) is 4.27. The number of rotatable bonds is 15. The quantitative estimate of drug-likeness (QED) is 0.373. The van der Waals surface area contributed by atoms with Gasteiger partial charge in [-0.2, -0.15) is 0 Å². The summed E-state index contributed by atoms with van der Waals surface area (Å²) in [6.45, 7) is 10.1. The highest BCUT2D eigenvalue weighted by atomic mass is 32.2. The van der Waals surface area contributed by atoms with Crippen LogP contribution in [0.15, 0.2) is 48.5 Å². The van der Waals surface area contributed by atoms with Crippen molar-refractivity contribution in [1.29, 1.82) is 0 Å². The number of carbonyl (C=O) groups excluding carboxylic acids is 1. The predicted octanol–water partition coefficient (Wildman–Crippen LogP) is 4.60. The zero-order valence-electron chi connectivity index (χ0n) is 22.5. The fraction of sp³-hybridized carbons (Fsp3) is 0.536. The minimum Gasteiger partial charge on any atom is -0.375 e. The summed E-state index contributed by atoms with van der Waals surface area (Å²) < 4.78 is 32.5. The van der Waals surface area contributed by atoms with Crippen LogP contribution >= 0.6 is 0 Å². The maximum atomic E-state index is 13.4. The number of ether oxygens (including phenoxy) is 1. The van der Waals surface area contributed by atoms with Gasteiger partial charge in [-0.15, -0.1) is 0 Å². The molecule has 0 aliphatic rings. The van der Waals surface area contributed by atoms with E-state index in [4.69, 9.17) is 10.5 Å². The molecule has 36 heavy (non-hydrogen) atoms. The molecule has 0 saturated heterocycles. The molecule has 2 rings (SSSR count). The molecule has 1 atom stereocenters. The Balaban J connectivity index is 2.32. The first-order valence-electron chi connectivity index (χ1n) is 12.8. The number of benzene rings is 2. The maximum Gasteiger partial charge on any atom is 0.253 e. The van der Waals surface area contributed by atoms with Gasteiger partial charge in [-0.1, -0.05) is 51.1 Å². The average molecular weight is 518 g/mol. The first-order valence-corrected chi connectivity index (χ1v) is 14.7. The summed E-state index contributed by atoms with van der Waals surface area (Å²) >= 11 is 0. The van der Waals surface area contributed by atoms with E-state index in [0.717, 1.165) is 24.0 Å². The fourth-order valence-corrected chi connectivity index (χ4v) is 5.27. The number of carbonyl (C=O) groups is 1. The van der Waals surface area contributed by atoms with Gasteiger partial charge in [-0.25, -0.2) is 8.42 Å². The van der Waals surface area contributed by atoms with Gasteiger partial charge in [-0.3, -0.25) is 9.10 Å². The van der Waals surface area contributed by atoms with Crippen LogP contribution in [0.1, 0.15) is 68.4 Å². The van der Waals surface area contributed by atoms with Crippen molar-refractivity contribution < 1.29 is 17.9 Å². The molecular weight excluding hydrogens is 474 g/mol. The van der Waals surface area contributed by atoms with Crippen LogP contribution < -0.4 is 10.0 Å². The van der Waals surface area contributed by atoms with Crippen LogP contribution in [0.3, 0.4) is 0 Å². The lowest BCUT2D eigenvalue weighted by Gasteiger charge is -2.26. The highest BCUT2D eigenvalue weighted by molar-refractivity contribution is 7.92. The number of hydrogen-bond donors (Lipinski definition) is 1. The lowest BCUT2D eigenvalue weighted by molar-refractivity contribution is 0.0749. The number of nitrogens with two attached hydrogens (primary N) is 1. The predicted molar refractivity (Wildman–Crippen MR) is 148 cm³/mol. The van der Waals surface area contributed by atoms with Gasteiger partial charge in [0, 0.05) is 30.7 Å². The number of nitrogens with zero attached hydrogens (tertiary/aromatic N) is 2. The highest BCUT2D eigenvalue weighted by Gasteiger charge is 2.23. The third-order valence-electron chi connectivity index (χ3n) is 5.77. The molecule has 2 aromatic carbocycles. The first kappa shape index (κ1) is 29.8. The van der Waals surface area contributed by atoms with Crippen LogP contribution in [0.25, 0.3) is 0 Å². The molecule has 200 valence electrons. The monoisotopic (exact) mass is 517 g/mol. The summed E-state index contributed by atoms with van der Waals surface area (Å²) in [6.07, 6.45) is 4.21. The van der Waals surface area contributed by atoms with Gasteiger partial charge in [0.2, 0.25) is 10.0 Å². The van der Waals surface area contributed by atoms with Crippen LogP contribution in [0.2, 0.25) is 0 Å². The van der Waals surface area contributed by atoms with Gasteiger partial charge < -0.3 is 15.4 Å². The van der Waals surface area contributed by atoms with Crippen LogP contribution in [-0.4, -0.2) is 57.3 Å². The Morgan fingerprint density at radius 1 is 0.944 bits per heavy atom. The van der Waals surface area contributed by atoms with E-state index >= 15 is 0 Å². The Kier molecular flexibility index (Phi) is 11.4. The third-order valence-corrected chi connectivity index (χ3v) is 6.96. The smallest absolute Gasteiger partial charge is 0.253 e. The molecule has 1 amide bonds. The lowest BCUT2D eigenvalue weighted by atomic mass is 9.95. The van der Waals surface area contributed by atoms with Crippen molar-refractivity contribution in [2.24, 2.45) is 5.73 Å². The van der Waals surface area contributed by atoms with E-state index < -0.39 is 15.6 Å². The molecule has 0 spiro atoms. The highest BCUT2D eigenvalue weighted by Crippen LogP contribution is 2.24. The van der Waals surface area contributed by atoms with E-state index in [1.807, 2.05) is 69.0 Å². The summed E-state index contributed by atoms with van der Waals surface area (Å²) in [4.78, 5) is 15.2. The Morgan fingerprint density at radius 2 is 1.56 bits per heavy atom. The molecule has 2 N–H and O–H groups in total. The van der Waals surface area contributed by atoms with Crippen LogP contribution in [0.5, 0.6) is 0 Å². The number of hydrogen-bond acceptors (Lipinski definition) is 5. The topological polar surface area (TPSA) is 92.9 Å². The molecule has 8 heteroatoms. The molecule has 0 fully saturated rings. The number of anilines is 1. The van der Waals surface area contributed by atoms with Crippen molar-refractivity contribution in [2.45, 2.75) is 65.5 Å². The van der Waals surface area contributed by atoms with E-state index in [1.54, 1.807) is 12.1 Å². The molecular formula is C28H43N3O4S. The van der Waals surface area contributed by atoms with Crippen molar-refractivity contribution in [3.63, 3.8) is 0 Å². The van der Waals surface area contributed by atoms with Crippen molar-refractivity contribution in [3.8, 4) is 0 Å². The molecule has 0 heterocycles. The van der Waals surface area contributed by atoms with Crippen molar-refractivity contribution in [3.05, 3.63) is 65.2 Å². The first-order chi connectivity index (χ1) is 17.0. The second-order valence-corrected chi connectivity index (χ2v) is 11.7. The second-order valence-electron chi connectivity index (χ2n) is 9.82. The molecule has 7 nitrogen and oxygen atoms in total. The van der Waals surface area contributed by atoms with Crippen molar-refractivity contribution in [2.75, 3.05) is 36.8 Å². The van der Waals surface area contributed by atoms with Crippen molar-refractivity contribution in [1.82, 2.24) is 4.90 Å². The summed E-state index contributed by atoms with van der Waals surface area (Å²) in [5.74, 6) is -0.0977. The van der Waals surface area contributed by atoms with Gasteiger partial charge >= 0.3 is 0 Å². The van der Waals surface area contributed by atoms with Gasteiger partial charge in [-0.05, 0) is 61.9 Å². The van der Waals surface area contributed by atoms with E-state index in [2.05, 4.69) is 0 Å². The van der Waals surface area contributed by atoms with Crippen molar-refractivity contribution >= 4 is 21.6 Å². The molecule has 0 bridgehead atoms. The largest absolute Gasteiger partial charge is 0.375 e. The summed E-state index contributed by atoms with van der Waals surface area (Å²) in [7, 11) is -3.51. The molecule has 0 aliphatic heterocycles. The SMILES string of the molecule is CCCN(CCC)C(=O)c1cc(COCC(C)(N)Cc2ccccc2)cc(N(CCC)S(C)(=O)=O)c1. The van der Waals surface area contributed by atoms with E-state index in [-0.39, 0.29) is 12.5 Å². The van der Waals surface area contributed by atoms with Crippen LogP contribution in [0.4, 0.5) is 5.69 Å². The maximum absolute atomic E-state index is 13.4. The third kappa shape index (κ3) is 9.22. The van der Waals surface area contributed by atoms with E-state index in [1.165, 1.54) is 10.6 Å². The average Bonchev–Trinajstić information content (AvgIpc) is 2.81. The van der Waals surface area contributed by atoms with Gasteiger partial charge in [0.05, 0.1) is 25.2 Å². The normalized spacial score (nSPS) is 13.3. The zero-order chi connectivity index (χ0) is 26.8. The summed E-state index contributed by atoms with van der Waals surface area (Å²) in [6, 6.07) is 15.3. The Hall–Kier alpha value is -2.42. The zero-order valence-corrected chi connectivity index (χ0v) is 23.3. The Morgan fingerprint density at radius 3 is 2.11 bits per heavy atom. The van der Waals surface area contributed by atoms with E-state index in [0.29, 0.717) is 50.3 Å². The Bertz CT molecular complexity index is 1070. The summed E-state index contributed by atoms with van der Waals surface area (Å²) in [5, 5.41) is 0. The molecule has 1 unspecified atom stereocenters. The van der Waals surface area contributed by atoms with Gasteiger partial charge in [0.25, 0.3) is 5.91 Å². The molecule has 0 radical (unpaired) electrons. The molecule has 0 aliphatic carbocycles. The number of amides is 1. The summed E-state index contributed by atoms with van der Waals surface area (Å²) in [5.41, 5.74) is 8.76. The number of sulfonamides is 1. The second kappa shape index (κ2) is 13.8. The lowest BCUT2D eigenvalue weighted by Crippen LogP contribution is -2.43. The van der Waals surface area contributed by atoms with Gasteiger partial charge in [0.15, 0.2) is 0 Å². The molecule has 0 saturated carbocycles. The molecule has 0 aromatic heterocycles. The van der Waals surface area contributed by atoms with E-state index in [9.17, 15) is 13.2 Å². The standard InChI is InChI=1S/C28H43N3O4S/c1-6-14-30(15-7-2)27(32)25-17-24(18-26(19-25)31(16-8-3)36(5,33)34)21-35-22-28(4,29)20-23-12-10-9-11-13-23/h9-13,17-19H,6-8,14-16,20-22,29H2,1-5H3. The minimum atomic E-state index is -3.51. The van der Waals surface area contributed by atoms with Crippen LogP contribution in [-0.2, 0) is 27.8 Å². The Labute approximate surface area is 217 Å². The molecule has 2 aromatic rings. The van der Waals surface area contributed by atoms with Crippen LogP contribution in [0, 0.1) is 0 Å². The minimum absolute atomic E-state index is 0.0977. The van der Waals surface area contributed by atoms with Gasteiger partial charge in [0.1, 0.15) is 0 Å².